The van der Waals surface area contributed by atoms with Crippen molar-refractivity contribution in [3.8, 4) is 0 Å². The van der Waals surface area contributed by atoms with Crippen molar-refractivity contribution in [2.45, 2.75) is 39.0 Å². The summed E-state index contributed by atoms with van der Waals surface area (Å²) in [6.07, 6.45) is 3.38. The number of rotatable bonds is 7. The molecule has 0 spiro atoms. The van der Waals surface area contributed by atoms with Crippen LogP contribution in [0.25, 0.3) is 0 Å². The number of aromatic nitrogens is 1. The van der Waals surface area contributed by atoms with Crippen molar-refractivity contribution >= 4 is 17.4 Å². The van der Waals surface area contributed by atoms with Crippen molar-refractivity contribution in [1.82, 2.24) is 4.98 Å². The summed E-state index contributed by atoms with van der Waals surface area (Å²) in [4.78, 5) is 41.8. The van der Waals surface area contributed by atoms with Gasteiger partial charge in [-0.25, -0.2) is 0 Å². The standard InChI is InChI=1S/C29H32N2O4/c1-19-6-4-5-7-25(19)26(17-27(32)23-16-20(2)28(33)30-18-23)21-8-10-24(11-9-21)31-14-12-22(13-15-31)29(34)35-3/h4-11,16,18,22,26H,12-15,17H2,1-3H3,(H,30,33)/t26-/m1/s1. The van der Waals surface area contributed by atoms with Gasteiger partial charge in [-0.3, -0.25) is 14.4 Å². The van der Waals surface area contributed by atoms with Gasteiger partial charge in [-0.1, -0.05) is 36.4 Å². The molecule has 1 aromatic heterocycles. The fourth-order valence-electron chi connectivity index (χ4n) is 4.90. The lowest BCUT2D eigenvalue weighted by Gasteiger charge is -2.32. The third kappa shape index (κ3) is 5.53. The molecule has 1 aliphatic heterocycles. The van der Waals surface area contributed by atoms with E-state index in [9.17, 15) is 14.4 Å². The summed E-state index contributed by atoms with van der Waals surface area (Å²) in [7, 11) is 1.45. The average Bonchev–Trinajstić information content (AvgIpc) is 2.89. The molecule has 4 rings (SSSR count). The normalized spacial score (nSPS) is 15.0. The van der Waals surface area contributed by atoms with Gasteiger partial charge in [0.2, 0.25) is 0 Å². The van der Waals surface area contributed by atoms with Gasteiger partial charge >= 0.3 is 5.97 Å². The Balaban J connectivity index is 1.56. The van der Waals surface area contributed by atoms with Gasteiger partial charge in [0, 0.05) is 48.4 Å². The number of pyridine rings is 1. The van der Waals surface area contributed by atoms with E-state index in [0.29, 0.717) is 17.5 Å². The highest BCUT2D eigenvalue weighted by molar-refractivity contribution is 5.96. The summed E-state index contributed by atoms with van der Waals surface area (Å²) in [6.45, 7) is 5.40. The van der Waals surface area contributed by atoms with Crippen molar-refractivity contribution in [2.24, 2.45) is 5.92 Å². The molecular weight excluding hydrogens is 440 g/mol. The molecule has 0 radical (unpaired) electrons. The molecule has 1 atom stereocenters. The number of H-pyrrole nitrogens is 1. The number of methoxy groups -OCH3 is 1. The van der Waals surface area contributed by atoms with Gasteiger partial charge in [0.1, 0.15) is 0 Å². The van der Waals surface area contributed by atoms with Crippen molar-refractivity contribution in [2.75, 3.05) is 25.1 Å². The molecule has 0 unspecified atom stereocenters. The quantitative estimate of drug-likeness (QED) is 0.395. The zero-order valence-corrected chi connectivity index (χ0v) is 20.5. The lowest BCUT2D eigenvalue weighted by Crippen LogP contribution is -2.36. The minimum atomic E-state index is -0.178. The first-order valence-corrected chi connectivity index (χ1v) is 12.1. The fourth-order valence-corrected chi connectivity index (χ4v) is 4.90. The van der Waals surface area contributed by atoms with Crippen molar-refractivity contribution < 1.29 is 14.3 Å². The highest BCUT2D eigenvalue weighted by Gasteiger charge is 2.26. The van der Waals surface area contributed by atoms with E-state index in [2.05, 4.69) is 53.2 Å². The first kappa shape index (κ1) is 24.5. The van der Waals surface area contributed by atoms with E-state index in [1.807, 2.05) is 12.1 Å². The smallest absolute Gasteiger partial charge is 0.308 e. The van der Waals surface area contributed by atoms with Crippen LogP contribution in [0.1, 0.15) is 57.8 Å². The largest absolute Gasteiger partial charge is 0.469 e. The van der Waals surface area contributed by atoms with Crippen LogP contribution < -0.4 is 10.5 Å². The Bertz CT molecular complexity index is 1250. The Morgan fingerprint density at radius 1 is 1.03 bits per heavy atom. The van der Waals surface area contributed by atoms with Crippen LogP contribution in [0.5, 0.6) is 0 Å². The number of piperidine rings is 1. The van der Waals surface area contributed by atoms with E-state index < -0.39 is 0 Å². The molecule has 2 aromatic carbocycles. The lowest BCUT2D eigenvalue weighted by molar-refractivity contribution is -0.146. The molecule has 6 nitrogen and oxygen atoms in total. The van der Waals surface area contributed by atoms with E-state index in [-0.39, 0.29) is 29.1 Å². The molecule has 1 fully saturated rings. The summed E-state index contributed by atoms with van der Waals surface area (Å²) < 4.78 is 4.90. The molecule has 2 heterocycles. The number of anilines is 1. The van der Waals surface area contributed by atoms with Crippen LogP contribution in [-0.2, 0) is 9.53 Å². The maximum atomic E-state index is 13.2. The maximum Gasteiger partial charge on any atom is 0.308 e. The van der Waals surface area contributed by atoms with Gasteiger partial charge in [-0.15, -0.1) is 0 Å². The number of carbonyl (C=O) groups is 2. The predicted octanol–water partition coefficient (Wildman–Crippen LogP) is 4.79. The fraction of sp³-hybridized carbons (Fsp3) is 0.345. The van der Waals surface area contributed by atoms with Crippen LogP contribution in [-0.4, -0.2) is 36.9 Å². The Morgan fingerprint density at radius 2 is 1.71 bits per heavy atom. The van der Waals surface area contributed by atoms with E-state index in [1.165, 1.54) is 13.3 Å². The second-order valence-electron chi connectivity index (χ2n) is 9.31. The molecule has 1 saturated heterocycles. The Morgan fingerprint density at radius 3 is 2.34 bits per heavy atom. The monoisotopic (exact) mass is 472 g/mol. The second-order valence-corrected chi connectivity index (χ2v) is 9.31. The van der Waals surface area contributed by atoms with Crippen LogP contribution in [0.2, 0.25) is 0 Å². The van der Waals surface area contributed by atoms with Gasteiger partial charge in [-0.2, -0.15) is 0 Å². The topological polar surface area (TPSA) is 79.5 Å². The number of aromatic amines is 1. The Labute approximate surface area is 205 Å². The van der Waals surface area contributed by atoms with Crippen LogP contribution in [0, 0.1) is 19.8 Å². The molecule has 1 aliphatic rings. The number of benzene rings is 2. The number of nitrogens with zero attached hydrogens (tertiary/aromatic N) is 1. The first-order valence-electron chi connectivity index (χ1n) is 12.1. The average molecular weight is 473 g/mol. The minimum absolute atomic E-state index is 0.00781. The summed E-state index contributed by atoms with van der Waals surface area (Å²) in [5.74, 6) is -0.256. The van der Waals surface area contributed by atoms with E-state index in [0.717, 1.165) is 48.3 Å². The molecule has 6 heteroatoms. The van der Waals surface area contributed by atoms with E-state index >= 15 is 0 Å². The minimum Gasteiger partial charge on any atom is -0.469 e. The first-order chi connectivity index (χ1) is 16.9. The third-order valence-electron chi connectivity index (χ3n) is 7.05. The summed E-state index contributed by atoms with van der Waals surface area (Å²) in [6, 6.07) is 18.2. The van der Waals surface area contributed by atoms with Gasteiger partial charge in [0.25, 0.3) is 5.56 Å². The summed E-state index contributed by atoms with van der Waals surface area (Å²) in [5.41, 5.74) is 5.31. The SMILES string of the molecule is COC(=O)C1CCN(c2ccc([C@@H](CC(=O)c3c[nH]c(=O)c(C)c3)c3ccccc3C)cc2)CC1. The van der Waals surface area contributed by atoms with Crippen LogP contribution in [0.3, 0.4) is 0 Å². The van der Waals surface area contributed by atoms with Crippen molar-refractivity contribution in [3.63, 3.8) is 0 Å². The van der Waals surface area contributed by atoms with Gasteiger partial charge in [0.05, 0.1) is 13.0 Å². The number of hydrogen-bond donors (Lipinski definition) is 1. The van der Waals surface area contributed by atoms with Crippen LogP contribution in [0.15, 0.2) is 65.6 Å². The number of Topliss-reactive ketones (excluding diaryl/α,β-unsaturated/α-hetero) is 1. The van der Waals surface area contributed by atoms with E-state index in [1.54, 1.807) is 13.0 Å². The van der Waals surface area contributed by atoms with Crippen molar-refractivity contribution in [1.29, 1.82) is 0 Å². The molecule has 0 amide bonds. The van der Waals surface area contributed by atoms with Gasteiger partial charge < -0.3 is 14.6 Å². The number of esters is 1. The van der Waals surface area contributed by atoms with Gasteiger partial charge in [0.15, 0.2) is 5.78 Å². The summed E-state index contributed by atoms with van der Waals surface area (Å²) >= 11 is 0. The number of aryl methyl sites for hydroxylation is 2. The lowest BCUT2D eigenvalue weighted by atomic mass is 9.83. The van der Waals surface area contributed by atoms with E-state index in [4.69, 9.17) is 4.74 Å². The molecule has 0 aliphatic carbocycles. The third-order valence-corrected chi connectivity index (χ3v) is 7.05. The molecule has 0 saturated carbocycles. The molecule has 35 heavy (non-hydrogen) atoms. The van der Waals surface area contributed by atoms with Crippen LogP contribution in [0.4, 0.5) is 5.69 Å². The highest BCUT2D eigenvalue weighted by atomic mass is 16.5. The predicted molar refractivity (Wildman–Crippen MR) is 137 cm³/mol. The molecular formula is C29H32N2O4. The molecule has 182 valence electrons. The number of nitrogens with one attached hydrogen (secondary N) is 1. The summed E-state index contributed by atoms with van der Waals surface area (Å²) in [5, 5.41) is 0. The molecule has 3 aromatic rings. The van der Waals surface area contributed by atoms with Crippen molar-refractivity contribution in [3.05, 3.63) is 99.0 Å². The van der Waals surface area contributed by atoms with Gasteiger partial charge in [-0.05, 0) is 61.6 Å². The second kappa shape index (κ2) is 10.7. The Kier molecular flexibility index (Phi) is 7.49. The zero-order valence-electron chi connectivity index (χ0n) is 20.5. The number of ether oxygens (including phenoxy) is 1. The van der Waals surface area contributed by atoms with Crippen LogP contribution >= 0.6 is 0 Å². The Hall–Kier alpha value is -3.67. The number of hydrogen-bond acceptors (Lipinski definition) is 5. The molecule has 0 bridgehead atoms. The number of carbonyl (C=O) groups excluding carboxylic acids is 2. The zero-order chi connectivity index (χ0) is 24.9. The molecule has 1 N–H and O–H groups in total. The number of ketones is 1. The maximum absolute atomic E-state index is 13.2. The highest BCUT2D eigenvalue weighted by Crippen LogP contribution is 2.33.